The molecule has 3 heterocycles. The first-order valence-electron chi connectivity index (χ1n) is 8.45. The number of ether oxygens (including phenoxy) is 1. The van der Waals surface area contributed by atoms with Gasteiger partial charge in [0.2, 0.25) is 16.0 Å². The van der Waals surface area contributed by atoms with Gasteiger partial charge in [-0.15, -0.1) is 0 Å². The third-order valence-electron chi connectivity index (χ3n) is 4.98. The smallest absolute Gasteiger partial charge is 0.243 e. The Morgan fingerprint density at radius 3 is 2.35 bits per heavy atom. The predicted molar refractivity (Wildman–Crippen MR) is 97.7 cm³/mol. The fourth-order valence-corrected chi connectivity index (χ4v) is 5.17. The van der Waals surface area contributed by atoms with E-state index in [-0.39, 0.29) is 16.3 Å². The van der Waals surface area contributed by atoms with Crippen molar-refractivity contribution in [3.8, 4) is 11.1 Å². The standard InChI is InChI=1S/C17H21N5O3S/c1-2-13-14(15(18)21-16(19)20-13)11-3-5-12(6-4-11)26(23,24)22-7-17(8-22)9-25-10-17/h3-6H,2,7-10H2,1H3,(H4,18,19,20,21). The second-order valence-electron chi connectivity index (χ2n) is 6.93. The summed E-state index contributed by atoms with van der Waals surface area (Å²) in [5.41, 5.74) is 13.9. The lowest BCUT2D eigenvalue weighted by molar-refractivity contribution is -0.166. The molecule has 1 aromatic carbocycles. The lowest BCUT2D eigenvalue weighted by Gasteiger charge is -2.53. The monoisotopic (exact) mass is 375 g/mol. The Balaban J connectivity index is 1.62. The molecule has 2 aromatic rings. The van der Waals surface area contributed by atoms with Gasteiger partial charge in [-0.25, -0.2) is 13.4 Å². The molecule has 2 aliphatic rings. The van der Waals surface area contributed by atoms with Gasteiger partial charge >= 0.3 is 0 Å². The highest BCUT2D eigenvalue weighted by Gasteiger charge is 2.53. The number of hydrogen-bond donors (Lipinski definition) is 2. The van der Waals surface area contributed by atoms with Crippen LogP contribution in [0.15, 0.2) is 29.2 Å². The molecule has 9 heteroatoms. The zero-order valence-corrected chi connectivity index (χ0v) is 15.3. The van der Waals surface area contributed by atoms with Gasteiger partial charge in [0.25, 0.3) is 0 Å². The first-order chi connectivity index (χ1) is 12.3. The molecule has 1 aromatic heterocycles. The first kappa shape index (κ1) is 17.2. The number of aryl methyl sites for hydroxylation is 1. The molecular formula is C17H21N5O3S. The van der Waals surface area contributed by atoms with Crippen LogP contribution < -0.4 is 11.5 Å². The minimum absolute atomic E-state index is 0.0405. The molecule has 2 aliphatic heterocycles. The largest absolute Gasteiger partial charge is 0.383 e. The molecular weight excluding hydrogens is 354 g/mol. The van der Waals surface area contributed by atoms with Crippen LogP contribution in [0.3, 0.4) is 0 Å². The normalized spacial score (nSPS) is 19.1. The summed E-state index contributed by atoms with van der Waals surface area (Å²) in [5, 5.41) is 0. The van der Waals surface area contributed by atoms with Crippen molar-refractivity contribution < 1.29 is 13.2 Å². The third kappa shape index (κ3) is 2.63. The molecule has 0 aliphatic carbocycles. The highest BCUT2D eigenvalue weighted by molar-refractivity contribution is 7.89. The molecule has 1 spiro atoms. The van der Waals surface area contributed by atoms with Gasteiger partial charge in [0.1, 0.15) is 5.82 Å². The van der Waals surface area contributed by atoms with Crippen molar-refractivity contribution in [2.24, 2.45) is 5.41 Å². The zero-order valence-electron chi connectivity index (χ0n) is 14.5. The van der Waals surface area contributed by atoms with Crippen molar-refractivity contribution in [3.05, 3.63) is 30.0 Å². The van der Waals surface area contributed by atoms with Crippen molar-refractivity contribution in [2.75, 3.05) is 37.8 Å². The van der Waals surface area contributed by atoms with Crippen LogP contribution in [-0.4, -0.2) is 49.0 Å². The SMILES string of the molecule is CCc1nc(N)nc(N)c1-c1ccc(S(=O)(=O)N2CC3(COC3)C2)cc1. The maximum absolute atomic E-state index is 12.7. The van der Waals surface area contributed by atoms with Crippen LogP contribution in [-0.2, 0) is 21.2 Å². The van der Waals surface area contributed by atoms with E-state index in [1.807, 2.05) is 6.92 Å². The number of aromatic nitrogens is 2. The summed E-state index contributed by atoms with van der Waals surface area (Å²) in [6.07, 6.45) is 0.643. The number of sulfonamides is 1. The van der Waals surface area contributed by atoms with E-state index in [1.165, 1.54) is 4.31 Å². The molecule has 2 fully saturated rings. The van der Waals surface area contributed by atoms with Crippen LogP contribution in [0.5, 0.6) is 0 Å². The summed E-state index contributed by atoms with van der Waals surface area (Å²) in [6, 6.07) is 6.67. The lowest BCUT2D eigenvalue weighted by Crippen LogP contribution is -2.66. The van der Waals surface area contributed by atoms with Crippen LogP contribution in [0.25, 0.3) is 11.1 Å². The van der Waals surface area contributed by atoms with E-state index < -0.39 is 10.0 Å². The van der Waals surface area contributed by atoms with Crippen LogP contribution in [0.1, 0.15) is 12.6 Å². The third-order valence-corrected chi connectivity index (χ3v) is 6.79. The summed E-state index contributed by atoms with van der Waals surface area (Å²) in [7, 11) is -3.49. The zero-order chi connectivity index (χ0) is 18.5. The number of anilines is 2. The molecule has 4 rings (SSSR count). The van der Waals surface area contributed by atoms with Gasteiger partial charge in [-0.2, -0.15) is 9.29 Å². The molecule has 0 atom stereocenters. The Bertz CT molecular complexity index is 947. The summed E-state index contributed by atoms with van der Waals surface area (Å²) < 4.78 is 32.2. The van der Waals surface area contributed by atoms with Gasteiger partial charge in [-0.05, 0) is 24.1 Å². The minimum atomic E-state index is -3.49. The number of nitrogens with two attached hydrogens (primary N) is 2. The van der Waals surface area contributed by atoms with E-state index in [0.29, 0.717) is 44.1 Å². The fraction of sp³-hybridized carbons (Fsp3) is 0.412. The number of benzene rings is 1. The molecule has 4 N–H and O–H groups in total. The minimum Gasteiger partial charge on any atom is -0.383 e. The maximum Gasteiger partial charge on any atom is 0.243 e. The molecule has 26 heavy (non-hydrogen) atoms. The van der Waals surface area contributed by atoms with Crippen LogP contribution in [0, 0.1) is 5.41 Å². The average molecular weight is 375 g/mol. The van der Waals surface area contributed by atoms with Crippen molar-refractivity contribution >= 4 is 21.8 Å². The second kappa shape index (κ2) is 5.90. The van der Waals surface area contributed by atoms with Crippen molar-refractivity contribution in [1.82, 2.24) is 14.3 Å². The van der Waals surface area contributed by atoms with Gasteiger partial charge in [-0.3, -0.25) is 0 Å². The first-order valence-corrected chi connectivity index (χ1v) is 9.89. The lowest BCUT2D eigenvalue weighted by atomic mass is 9.80. The number of nitrogens with zero attached hydrogens (tertiary/aromatic N) is 3. The Kier molecular flexibility index (Phi) is 3.90. The predicted octanol–water partition coefficient (Wildman–Crippen LogP) is 0.891. The molecule has 0 radical (unpaired) electrons. The molecule has 0 saturated carbocycles. The molecule has 8 nitrogen and oxygen atoms in total. The summed E-state index contributed by atoms with van der Waals surface area (Å²) in [4.78, 5) is 8.52. The Morgan fingerprint density at radius 2 is 1.81 bits per heavy atom. The van der Waals surface area contributed by atoms with Crippen molar-refractivity contribution in [3.63, 3.8) is 0 Å². The highest BCUT2D eigenvalue weighted by atomic mass is 32.2. The second-order valence-corrected chi connectivity index (χ2v) is 8.87. The van der Waals surface area contributed by atoms with Gasteiger partial charge in [-0.1, -0.05) is 19.1 Å². The highest BCUT2D eigenvalue weighted by Crippen LogP contribution is 2.40. The van der Waals surface area contributed by atoms with Crippen molar-refractivity contribution in [1.29, 1.82) is 0 Å². The van der Waals surface area contributed by atoms with Gasteiger partial charge in [0, 0.05) is 24.1 Å². The average Bonchev–Trinajstić information content (AvgIpc) is 2.51. The van der Waals surface area contributed by atoms with Gasteiger partial charge in [0.05, 0.1) is 23.8 Å². The molecule has 2 saturated heterocycles. The van der Waals surface area contributed by atoms with E-state index in [2.05, 4.69) is 9.97 Å². The van der Waals surface area contributed by atoms with E-state index in [4.69, 9.17) is 16.2 Å². The van der Waals surface area contributed by atoms with Crippen molar-refractivity contribution in [2.45, 2.75) is 18.2 Å². The molecule has 0 bridgehead atoms. The molecule has 138 valence electrons. The summed E-state index contributed by atoms with van der Waals surface area (Å²) in [5.74, 6) is 0.425. The molecule has 0 amide bonds. The van der Waals surface area contributed by atoms with Crippen LogP contribution >= 0.6 is 0 Å². The fourth-order valence-electron chi connectivity index (χ4n) is 3.50. The van der Waals surface area contributed by atoms with Crippen LogP contribution in [0.2, 0.25) is 0 Å². The Labute approximate surface area is 152 Å². The van der Waals surface area contributed by atoms with E-state index in [0.717, 1.165) is 11.3 Å². The topological polar surface area (TPSA) is 124 Å². The number of rotatable bonds is 4. The summed E-state index contributed by atoms with van der Waals surface area (Å²) >= 11 is 0. The molecule has 0 unspecified atom stereocenters. The van der Waals surface area contributed by atoms with Crippen LogP contribution in [0.4, 0.5) is 11.8 Å². The quantitative estimate of drug-likeness (QED) is 0.813. The van der Waals surface area contributed by atoms with Gasteiger partial charge in [0.15, 0.2) is 0 Å². The maximum atomic E-state index is 12.7. The summed E-state index contributed by atoms with van der Waals surface area (Å²) in [6.45, 7) is 4.29. The van der Waals surface area contributed by atoms with E-state index in [1.54, 1.807) is 24.3 Å². The Morgan fingerprint density at radius 1 is 1.15 bits per heavy atom. The number of hydrogen-bond acceptors (Lipinski definition) is 7. The Hall–Kier alpha value is -2.23. The van der Waals surface area contributed by atoms with Gasteiger partial charge < -0.3 is 16.2 Å². The number of nitrogen functional groups attached to an aromatic ring is 2. The van der Waals surface area contributed by atoms with E-state index in [9.17, 15) is 8.42 Å². The van der Waals surface area contributed by atoms with E-state index >= 15 is 0 Å².